The van der Waals surface area contributed by atoms with Gasteiger partial charge >= 0.3 is 0 Å². The average Bonchev–Trinajstić information content (AvgIpc) is 3.03. The summed E-state index contributed by atoms with van der Waals surface area (Å²) < 4.78 is 5.28. The molecule has 6 nitrogen and oxygen atoms in total. The van der Waals surface area contributed by atoms with E-state index in [0.29, 0.717) is 0 Å². The van der Waals surface area contributed by atoms with Crippen LogP contribution in [0.4, 0.5) is 5.95 Å². The van der Waals surface area contributed by atoms with Gasteiger partial charge in [-0.1, -0.05) is 0 Å². The zero-order chi connectivity index (χ0) is 16.6. The molecule has 2 aromatic rings. The van der Waals surface area contributed by atoms with E-state index in [1.54, 1.807) is 18.9 Å². The van der Waals surface area contributed by atoms with Crippen molar-refractivity contribution >= 4 is 22.8 Å². The maximum Gasteiger partial charge on any atom is 0.226 e. The molecule has 3 rings (SSSR count). The monoisotopic (exact) mass is 314 g/mol. The smallest absolute Gasteiger partial charge is 0.226 e. The number of carbonyl (C=O) groups excluding carboxylic acids is 1. The number of carbonyl (C=O) groups is 1. The number of likely N-dealkylation sites (N-methyl/N-ethyl adjacent to an activating group) is 1. The van der Waals surface area contributed by atoms with E-state index in [2.05, 4.69) is 9.88 Å². The Labute approximate surface area is 136 Å². The Hall–Kier alpha value is -2.37. The molecular weight excluding hydrogens is 292 g/mol. The first-order valence-electron chi connectivity index (χ1n) is 7.80. The van der Waals surface area contributed by atoms with Crippen molar-refractivity contribution in [2.45, 2.75) is 26.3 Å². The molecule has 122 valence electrons. The van der Waals surface area contributed by atoms with E-state index in [-0.39, 0.29) is 11.9 Å². The summed E-state index contributed by atoms with van der Waals surface area (Å²) in [5, 5.41) is 1.03. The highest BCUT2D eigenvalue weighted by Gasteiger charge is 2.28. The lowest BCUT2D eigenvalue weighted by Crippen LogP contribution is -2.37. The predicted molar refractivity (Wildman–Crippen MR) is 89.9 cm³/mol. The van der Waals surface area contributed by atoms with Gasteiger partial charge < -0.3 is 14.5 Å². The third-order valence-corrected chi connectivity index (χ3v) is 4.57. The van der Waals surface area contributed by atoms with E-state index in [4.69, 9.17) is 9.72 Å². The van der Waals surface area contributed by atoms with Gasteiger partial charge in [0.15, 0.2) is 0 Å². The minimum absolute atomic E-state index is 0.0946. The molecule has 1 aromatic carbocycles. The number of anilines is 1. The van der Waals surface area contributed by atoms with E-state index >= 15 is 0 Å². The molecule has 0 bridgehead atoms. The van der Waals surface area contributed by atoms with Crippen molar-refractivity contribution in [3.63, 3.8) is 0 Å². The predicted octanol–water partition coefficient (Wildman–Crippen LogP) is 2.00. The highest BCUT2D eigenvalue weighted by Crippen LogP contribution is 2.26. The Bertz CT molecular complexity index is 747. The van der Waals surface area contributed by atoms with Gasteiger partial charge in [-0.15, -0.1) is 0 Å². The van der Waals surface area contributed by atoms with E-state index in [9.17, 15) is 4.79 Å². The third-order valence-electron chi connectivity index (χ3n) is 4.57. The number of aryl methyl sites for hydroxylation is 1. The maximum atomic E-state index is 11.5. The fraction of sp³-hybridized carbons (Fsp3) is 0.471. The quantitative estimate of drug-likeness (QED) is 0.867. The first-order chi connectivity index (χ1) is 11.0. The SMILES string of the molecule is COc1ccc2c(C)nc(N3CC[C@@H](N(C)C(C)=O)C3)nc2c1. The molecule has 0 unspecified atom stereocenters. The molecule has 1 aliphatic rings. The van der Waals surface area contributed by atoms with Crippen molar-refractivity contribution in [3.05, 3.63) is 23.9 Å². The lowest BCUT2D eigenvalue weighted by molar-refractivity contribution is -0.129. The summed E-state index contributed by atoms with van der Waals surface area (Å²) in [5.41, 5.74) is 1.84. The summed E-state index contributed by atoms with van der Waals surface area (Å²) in [6, 6.07) is 6.07. The molecule has 1 fully saturated rings. The summed E-state index contributed by atoms with van der Waals surface area (Å²) in [7, 11) is 3.51. The lowest BCUT2D eigenvalue weighted by Gasteiger charge is -2.23. The number of benzene rings is 1. The molecule has 2 heterocycles. The van der Waals surface area contributed by atoms with Crippen molar-refractivity contribution in [1.82, 2.24) is 14.9 Å². The van der Waals surface area contributed by atoms with Gasteiger partial charge in [0, 0.05) is 38.5 Å². The van der Waals surface area contributed by atoms with Crippen LogP contribution in [0.1, 0.15) is 19.0 Å². The molecule has 6 heteroatoms. The third kappa shape index (κ3) is 2.93. The number of rotatable bonds is 3. The first-order valence-corrected chi connectivity index (χ1v) is 7.80. The number of fused-ring (bicyclic) bond motifs is 1. The number of ether oxygens (including phenoxy) is 1. The zero-order valence-corrected chi connectivity index (χ0v) is 14.0. The molecule has 1 saturated heterocycles. The minimum atomic E-state index is 0.0946. The molecule has 0 spiro atoms. The van der Waals surface area contributed by atoms with E-state index in [1.165, 1.54) is 0 Å². The Kier molecular flexibility index (Phi) is 4.07. The average molecular weight is 314 g/mol. The van der Waals surface area contributed by atoms with Gasteiger partial charge in [0.05, 0.1) is 24.4 Å². The second-order valence-electron chi connectivity index (χ2n) is 6.01. The van der Waals surface area contributed by atoms with Crippen LogP contribution in [0.25, 0.3) is 10.9 Å². The number of nitrogens with zero attached hydrogens (tertiary/aromatic N) is 4. The fourth-order valence-electron chi connectivity index (χ4n) is 3.02. The highest BCUT2D eigenvalue weighted by molar-refractivity contribution is 5.83. The van der Waals surface area contributed by atoms with Crippen molar-refractivity contribution < 1.29 is 9.53 Å². The van der Waals surface area contributed by atoms with Gasteiger partial charge in [0.1, 0.15) is 5.75 Å². The summed E-state index contributed by atoms with van der Waals surface area (Å²) in [5.74, 6) is 1.61. The molecule has 1 aromatic heterocycles. The maximum absolute atomic E-state index is 11.5. The van der Waals surface area contributed by atoms with Crippen LogP contribution in [0, 0.1) is 6.92 Å². The van der Waals surface area contributed by atoms with Crippen molar-refractivity contribution in [2.24, 2.45) is 0 Å². The van der Waals surface area contributed by atoms with Crippen LogP contribution in [0.3, 0.4) is 0 Å². The van der Waals surface area contributed by atoms with Gasteiger partial charge in [-0.25, -0.2) is 9.97 Å². The molecule has 0 N–H and O–H groups in total. The Morgan fingerprint density at radius 3 is 2.87 bits per heavy atom. The lowest BCUT2D eigenvalue weighted by atomic mass is 10.2. The van der Waals surface area contributed by atoms with E-state index in [0.717, 1.165) is 47.8 Å². The highest BCUT2D eigenvalue weighted by atomic mass is 16.5. The molecule has 0 radical (unpaired) electrons. The van der Waals surface area contributed by atoms with Crippen molar-refractivity contribution in [2.75, 3.05) is 32.1 Å². The Balaban J connectivity index is 1.90. The zero-order valence-electron chi connectivity index (χ0n) is 14.0. The molecule has 23 heavy (non-hydrogen) atoms. The summed E-state index contributed by atoms with van der Waals surface area (Å²) in [4.78, 5) is 24.8. The molecule has 0 saturated carbocycles. The number of amides is 1. The number of aromatic nitrogens is 2. The van der Waals surface area contributed by atoms with Gasteiger partial charge in [-0.05, 0) is 25.5 Å². The van der Waals surface area contributed by atoms with E-state index in [1.807, 2.05) is 32.2 Å². The van der Waals surface area contributed by atoms with Gasteiger partial charge in [0.25, 0.3) is 0 Å². The fourth-order valence-corrected chi connectivity index (χ4v) is 3.02. The summed E-state index contributed by atoms with van der Waals surface area (Å²) >= 11 is 0. The van der Waals surface area contributed by atoms with Crippen LogP contribution in [-0.4, -0.2) is 54.1 Å². The second-order valence-corrected chi connectivity index (χ2v) is 6.01. The van der Waals surface area contributed by atoms with Crippen LogP contribution < -0.4 is 9.64 Å². The van der Waals surface area contributed by atoms with Crippen LogP contribution >= 0.6 is 0 Å². The second kappa shape index (κ2) is 6.02. The van der Waals surface area contributed by atoms with Gasteiger partial charge in [-0.2, -0.15) is 0 Å². The number of hydrogen-bond donors (Lipinski definition) is 0. The Morgan fingerprint density at radius 2 is 2.17 bits per heavy atom. The van der Waals surface area contributed by atoms with Crippen molar-refractivity contribution in [3.8, 4) is 5.75 Å². The number of methoxy groups -OCH3 is 1. The minimum Gasteiger partial charge on any atom is -0.497 e. The molecular formula is C17H22N4O2. The topological polar surface area (TPSA) is 58.6 Å². The largest absolute Gasteiger partial charge is 0.497 e. The molecule has 0 aliphatic carbocycles. The molecule has 1 atom stereocenters. The van der Waals surface area contributed by atoms with Crippen LogP contribution in [0.15, 0.2) is 18.2 Å². The normalized spacial score (nSPS) is 17.6. The van der Waals surface area contributed by atoms with Crippen LogP contribution in [0.2, 0.25) is 0 Å². The van der Waals surface area contributed by atoms with Gasteiger partial charge in [0.2, 0.25) is 11.9 Å². The first kappa shape index (κ1) is 15.5. The summed E-state index contributed by atoms with van der Waals surface area (Å²) in [6.45, 7) is 5.23. The Morgan fingerprint density at radius 1 is 1.39 bits per heavy atom. The summed E-state index contributed by atoms with van der Waals surface area (Å²) in [6.07, 6.45) is 0.939. The molecule has 1 amide bonds. The van der Waals surface area contributed by atoms with E-state index < -0.39 is 0 Å². The van der Waals surface area contributed by atoms with Crippen LogP contribution in [-0.2, 0) is 4.79 Å². The number of hydrogen-bond acceptors (Lipinski definition) is 5. The standard InChI is InChI=1S/C17H22N4O2/c1-11-15-6-5-14(23-4)9-16(15)19-17(18-11)21-8-7-13(10-21)20(3)12(2)22/h5-6,9,13H,7-8,10H2,1-4H3/t13-/m1/s1. The van der Waals surface area contributed by atoms with Crippen molar-refractivity contribution in [1.29, 1.82) is 0 Å². The van der Waals surface area contributed by atoms with Gasteiger partial charge in [-0.3, -0.25) is 4.79 Å². The molecule has 1 aliphatic heterocycles. The van der Waals surface area contributed by atoms with Crippen LogP contribution in [0.5, 0.6) is 5.75 Å².